The quantitative estimate of drug-likeness (QED) is 0.809. The van der Waals surface area contributed by atoms with Crippen LogP contribution in [0.5, 0.6) is 0 Å². The van der Waals surface area contributed by atoms with E-state index in [9.17, 15) is 4.79 Å². The molecule has 0 aliphatic heterocycles. The number of carbonyl (C=O) groups excluding carboxylic acids is 1. The Hall–Kier alpha value is -1.29. The standard InChI is InChI=1S/C12H16ClN3O/c1-7(4-8-2-3-8)16-12(17)10-5-9(14)6-15-11(10)13/h5-8H,2-4,14H2,1H3,(H,16,17). The number of hydrogen-bond acceptors (Lipinski definition) is 3. The highest BCUT2D eigenvalue weighted by atomic mass is 35.5. The molecule has 0 radical (unpaired) electrons. The van der Waals surface area contributed by atoms with E-state index in [4.69, 9.17) is 17.3 Å². The van der Waals surface area contributed by atoms with Crippen molar-refractivity contribution in [2.75, 3.05) is 5.73 Å². The summed E-state index contributed by atoms with van der Waals surface area (Å²) in [5.74, 6) is 0.572. The fraction of sp³-hybridized carbons (Fsp3) is 0.500. The molecule has 0 bridgehead atoms. The summed E-state index contributed by atoms with van der Waals surface area (Å²) >= 11 is 5.87. The van der Waals surface area contributed by atoms with Crippen LogP contribution in [0.1, 0.15) is 36.5 Å². The lowest BCUT2D eigenvalue weighted by Crippen LogP contribution is -2.33. The van der Waals surface area contributed by atoms with Crippen LogP contribution in [-0.4, -0.2) is 16.9 Å². The number of rotatable bonds is 4. The lowest BCUT2D eigenvalue weighted by molar-refractivity contribution is 0.0937. The third-order valence-electron chi connectivity index (χ3n) is 2.87. The summed E-state index contributed by atoms with van der Waals surface area (Å²) in [6.45, 7) is 2.00. The van der Waals surface area contributed by atoms with E-state index in [-0.39, 0.29) is 17.1 Å². The number of hydrogen-bond donors (Lipinski definition) is 2. The molecule has 3 N–H and O–H groups in total. The molecule has 1 amide bonds. The molecule has 1 unspecified atom stereocenters. The number of pyridine rings is 1. The monoisotopic (exact) mass is 253 g/mol. The minimum atomic E-state index is -0.206. The highest BCUT2D eigenvalue weighted by molar-refractivity contribution is 6.32. The van der Waals surface area contributed by atoms with Crippen LogP contribution < -0.4 is 11.1 Å². The van der Waals surface area contributed by atoms with Gasteiger partial charge in [-0.25, -0.2) is 4.98 Å². The summed E-state index contributed by atoms with van der Waals surface area (Å²) < 4.78 is 0. The molecule has 1 saturated carbocycles. The fourth-order valence-corrected chi connectivity index (χ4v) is 2.03. The van der Waals surface area contributed by atoms with E-state index in [0.29, 0.717) is 11.3 Å². The maximum Gasteiger partial charge on any atom is 0.254 e. The van der Waals surface area contributed by atoms with Crippen LogP contribution in [0.2, 0.25) is 5.15 Å². The summed E-state index contributed by atoms with van der Waals surface area (Å²) in [5, 5.41) is 3.11. The van der Waals surface area contributed by atoms with Gasteiger partial charge in [0.1, 0.15) is 5.15 Å². The zero-order valence-corrected chi connectivity index (χ0v) is 10.5. The maximum atomic E-state index is 11.9. The van der Waals surface area contributed by atoms with Gasteiger partial charge in [0.2, 0.25) is 0 Å². The van der Waals surface area contributed by atoms with Crippen molar-refractivity contribution in [2.24, 2.45) is 5.92 Å². The topological polar surface area (TPSA) is 68.0 Å². The van der Waals surface area contributed by atoms with Crippen molar-refractivity contribution in [2.45, 2.75) is 32.2 Å². The van der Waals surface area contributed by atoms with E-state index >= 15 is 0 Å². The number of nitrogen functional groups attached to an aromatic ring is 1. The van der Waals surface area contributed by atoms with Crippen LogP contribution in [0.3, 0.4) is 0 Å². The Labute approximate surface area is 106 Å². The zero-order valence-electron chi connectivity index (χ0n) is 9.74. The molecule has 1 aliphatic rings. The lowest BCUT2D eigenvalue weighted by atomic mass is 10.1. The normalized spacial score (nSPS) is 16.6. The van der Waals surface area contributed by atoms with Crippen LogP contribution >= 0.6 is 11.6 Å². The Morgan fingerprint density at radius 1 is 1.71 bits per heavy atom. The van der Waals surface area contributed by atoms with E-state index in [1.54, 1.807) is 6.07 Å². The Bertz CT molecular complexity index is 432. The van der Waals surface area contributed by atoms with Crippen molar-refractivity contribution in [3.63, 3.8) is 0 Å². The average Bonchev–Trinajstić information content (AvgIpc) is 3.05. The largest absolute Gasteiger partial charge is 0.397 e. The van der Waals surface area contributed by atoms with E-state index < -0.39 is 0 Å². The Balaban J connectivity index is 2.00. The van der Waals surface area contributed by atoms with Gasteiger partial charge in [0.25, 0.3) is 5.91 Å². The SMILES string of the molecule is CC(CC1CC1)NC(=O)c1cc(N)cnc1Cl. The molecule has 0 spiro atoms. The highest BCUT2D eigenvalue weighted by Crippen LogP contribution is 2.33. The molecular formula is C12H16ClN3O. The minimum Gasteiger partial charge on any atom is -0.397 e. The van der Waals surface area contributed by atoms with Gasteiger partial charge in [-0.3, -0.25) is 4.79 Å². The zero-order chi connectivity index (χ0) is 12.4. The van der Waals surface area contributed by atoms with Gasteiger partial charge >= 0.3 is 0 Å². The van der Waals surface area contributed by atoms with Gasteiger partial charge in [0.05, 0.1) is 17.4 Å². The highest BCUT2D eigenvalue weighted by Gasteiger charge is 2.24. The minimum absolute atomic E-state index is 0.160. The van der Waals surface area contributed by atoms with E-state index in [1.807, 2.05) is 6.92 Å². The van der Waals surface area contributed by atoms with Gasteiger partial charge in [-0.05, 0) is 25.3 Å². The van der Waals surface area contributed by atoms with Gasteiger partial charge < -0.3 is 11.1 Å². The summed E-state index contributed by atoms with van der Waals surface area (Å²) in [6.07, 6.45) is 5.02. The molecule has 4 nitrogen and oxygen atoms in total. The second kappa shape index (κ2) is 4.92. The van der Waals surface area contributed by atoms with Gasteiger partial charge in [-0.1, -0.05) is 24.4 Å². The van der Waals surface area contributed by atoms with Crippen LogP contribution in [0.15, 0.2) is 12.3 Å². The third kappa shape index (κ3) is 3.33. The summed E-state index contributed by atoms with van der Waals surface area (Å²) in [5.41, 5.74) is 6.37. The second-order valence-corrected chi connectivity index (χ2v) is 5.02. The molecule has 1 atom stereocenters. The van der Waals surface area contributed by atoms with Crippen molar-refractivity contribution in [3.8, 4) is 0 Å². The average molecular weight is 254 g/mol. The third-order valence-corrected chi connectivity index (χ3v) is 3.17. The molecule has 17 heavy (non-hydrogen) atoms. The Morgan fingerprint density at radius 3 is 3.06 bits per heavy atom. The number of nitrogens with one attached hydrogen (secondary N) is 1. The first-order chi connectivity index (χ1) is 8.06. The molecular weight excluding hydrogens is 238 g/mol. The summed E-state index contributed by atoms with van der Waals surface area (Å²) in [4.78, 5) is 15.8. The van der Waals surface area contributed by atoms with Crippen LogP contribution in [-0.2, 0) is 0 Å². The number of nitrogens with two attached hydrogens (primary N) is 1. The van der Waals surface area contributed by atoms with E-state index in [0.717, 1.165) is 12.3 Å². The molecule has 2 rings (SSSR count). The number of carbonyl (C=O) groups is 1. The molecule has 5 heteroatoms. The van der Waals surface area contributed by atoms with Gasteiger partial charge in [-0.15, -0.1) is 0 Å². The first kappa shape index (κ1) is 12.2. The first-order valence-electron chi connectivity index (χ1n) is 5.78. The molecule has 92 valence electrons. The van der Waals surface area contributed by atoms with Gasteiger partial charge in [0.15, 0.2) is 0 Å². The maximum absolute atomic E-state index is 11.9. The Kier molecular flexibility index (Phi) is 3.52. The van der Waals surface area contributed by atoms with Crippen LogP contribution in [0, 0.1) is 5.92 Å². The van der Waals surface area contributed by atoms with E-state index in [2.05, 4.69) is 10.3 Å². The van der Waals surface area contributed by atoms with E-state index in [1.165, 1.54) is 19.0 Å². The van der Waals surface area contributed by atoms with Crippen molar-refractivity contribution in [1.29, 1.82) is 0 Å². The first-order valence-corrected chi connectivity index (χ1v) is 6.16. The van der Waals surface area contributed by atoms with Crippen molar-refractivity contribution in [1.82, 2.24) is 10.3 Å². The van der Waals surface area contributed by atoms with Crippen LogP contribution in [0.25, 0.3) is 0 Å². The van der Waals surface area contributed by atoms with Crippen molar-refractivity contribution < 1.29 is 4.79 Å². The van der Waals surface area contributed by atoms with Crippen molar-refractivity contribution >= 4 is 23.2 Å². The molecule has 1 heterocycles. The molecule has 1 aromatic rings. The molecule has 1 aliphatic carbocycles. The fourth-order valence-electron chi connectivity index (χ4n) is 1.84. The van der Waals surface area contributed by atoms with Crippen molar-refractivity contribution in [3.05, 3.63) is 23.0 Å². The van der Waals surface area contributed by atoms with Gasteiger partial charge in [-0.2, -0.15) is 0 Å². The number of amides is 1. The van der Waals surface area contributed by atoms with Crippen LogP contribution in [0.4, 0.5) is 5.69 Å². The van der Waals surface area contributed by atoms with Gasteiger partial charge in [0, 0.05) is 6.04 Å². The number of nitrogens with zero attached hydrogens (tertiary/aromatic N) is 1. The lowest BCUT2D eigenvalue weighted by Gasteiger charge is -2.13. The Morgan fingerprint density at radius 2 is 2.41 bits per heavy atom. The molecule has 0 aromatic carbocycles. The summed E-state index contributed by atoms with van der Waals surface area (Å²) in [6, 6.07) is 1.71. The number of aromatic nitrogens is 1. The predicted molar refractivity (Wildman–Crippen MR) is 67.9 cm³/mol. The summed E-state index contributed by atoms with van der Waals surface area (Å²) in [7, 11) is 0. The molecule has 1 aromatic heterocycles. The predicted octanol–water partition coefficient (Wildman–Crippen LogP) is 2.24. The second-order valence-electron chi connectivity index (χ2n) is 4.66. The molecule has 1 fully saturated rings. The molecule has 0 saturated heterocycles. The number of anilines is 1. The smallest absolute Gasteiger partial charge is 0.254 e. The number of halogens is 1.